The van der Waals surface area contributed by atoms with Crippen LogP contribution in [0.4, 0.5) is 0 Å². The van der Waals surface area contributed by atoms with Crippen molar-refractivity contribution in [1.82, 2.24) is 9.97 Å². The fourth-order valence-corrected chi connectivity index (χ4v) is 10.2. The average molecular weight is 1490 g/mol. The molecule has 0 atom stereocenters. The predicted molar refractivity (Wildman–Crippen MR) is 485 cm³/mol. The molecule has 116 heavy (non-hydrogen) atoms. The Balaban J connectivity index is 0.970. The number of hydrogen-bond acceptors (Lipinski definition) is 2. The summed E-state index contributed by atoms with van der Waals surface area (Å²) in [5.41, 5.74) is 19.0. The van der Waals surface area contributed by atoms with Gasteiger partial charge in [0.2, 0.25) is 0 Å². The number of pyridine rings is 2. The molecule has 0 spiro atoms. The Labute approximate surface area is 696 Å². The van der Waals surface area contributed by atoms with Crippen LogP contribution in [-0.2, 0) is 43.3 Å². The molecule has 0 saturated carbocycles. The third-order valence-electron chi connectivity index (χ3n) is 17.0. The molecule has 554 valence electrons. The van der Waals surface area contributed by atoms with Crippen molar-refractivity contribution in [3.63, 3.8) is 0 Å². The van der Waals surface area contributed by atoms with Gasteiger partial charge in [0.05, 0.1) is 0 Å². The van der Waals surface area contributed by atoms with Gasteiger partial charge in [-0.05, 0) is 205 Å². The third-order valence-corrected chi connectivity index (χ3v) is 17.0. The second-order valence-corrected chi connectivity index (χ2v) is 34.4. The van der Waals surface area contributed by atoms with Gasteiger partial charge in [-0.3, -0.25) is 9.97 Å². The largest absolute Gasteiger partial charge is 0.263 e. The minimum absolute atomic E-state index is 0.0786. The fraction of sp³-hybridized carbons (Fsp3) is 0.281. The lowest BCUT2D eigenvalue weighted by Gasteiger charge is -2.27. The molecule has 6 rings (SSSR count). The third kappa shape index (κ3) is 30.5. The summed E-state index contributed by atoms with van der Waals surface area (Å²) in [5.74, 6) is 128. The molecule has 2 heteroatoms. The zero-order chi connectivity index (χ0) is 85.1. The highest BCUT2D eigenvalue weighted by molar-refractivity contribution is 5.85. The van der Waals surface area contributed by atoms with Crippen LogP contribution >= 0.6 is 0 Å². The van der Waals surface area contributed by atoms with Crippen LogP contribution < -0.4 is 0 Å². The van der Waals surface area contributed by atoms with Gasteiger partial charge in [0, 0.05) is 236 Å². The summed E-state index contributed by atoms with van der Waals surface area (Å²) in [7, 11) is 0. The normalized spacial score (nSPS) is 9.62. The first-order valence-electron chi connectivity index (χ1n) is 37.4. The quantitative estimate of drug-likeness (QED) is 0.164. The van der Waals surface area contributed by atoms with Gasteiger partial charge in [0.1, 0.15) is 0 Å². The number of aromatic nitrogens is 2. The van der Waals surface area contributed by atoms with Gasteiger partial charge in [-0.1, -0.05) is 251 Å². The SMILES string of the molecule is CC(C)(C)c1cc(-c2cncc(-c3cc(C(C)(C)C)cc(C(C)(C)C)c3)c2C#CC#CC#CC#CC#CC#CC#CC#CC#CC#CC#CC#CC#CC#CC#CC#CC#CC#CC#CC#CC#CC#CC#CC#Cc2c(-c3cc(C(C)(C)C)cc(C(C)(C)C)c3)cncc2-c2cc(C(C)(C)C)cc(C(C)(C)C)c2)cc(C(C)(C)C)c1. The van der Waals surface area contributed by atoms with Crippen LogP contribution in [-0.4, -0.2) is 9.97 Å². The molecule has 4 aromatic carbocycles. The minimum Gasteiger partial charge on any atom is -0.263 e. The standard InChI is InChI=1S/C114H88N2/c1-107(2,3)93-73-89(74-94(81-93)108(4,5)6)103-85-115-86-104(90-75-95(109(7,8)9)82-96(76-90)110(10,11)12)101(103)71-69-67-65-63-61-59-57-55-53-51-49-47-45-43-41-39-37-35-33-31-29-27-25-26-28-30-32-34-36-38-40-42-44-46-48-50-52-54-56-58-60-62-64-66-68-70-72-102-105(91-77-97(111(13,14)15)83-98(78-91)112(16,17)18)87-116-88-106(102)92-79-99(113(19,20)21)84-100(80-92)114(22,23)24/h73-88H,1-24H3. The van der Waals surface area contributed by atoms with Crippen LogP contribution in [0.25, 0.3) is 44.5 Å². The Morgan fingerprint density at radius 2 is 0.250 bits per heavy atom. The highest BCUT2D eigenvalue weighted by atomic mass is 14.6. The molecular weight excluding hydrogens is 1400 g/mol. The second kappa shape index (κ2) is 41.6. The van der Waals surface area contributed by atoms with Gasteiger partial charge in [-0.2, -0.15) is 0 Å². The Morgan fingerprint density at radius 1 is 0.147 bits per heavy atom. The molecule has 2 heterocycles. The van der Waals surface area contributed by atoms with Gasteiger partial charge >= 0.3 is 0 Å². The molecule has 0 radical (unpaired) electrons. The molecule has 0 fully saturated rings. The lowest BCUT2D eigenvalue weighted by atomic mass is 9.77. The van der Waals surface area contributed by atoms with E-state index in [0.29, 0.717) is 0 Å². The van der Waals surface area contributed by atoms with Crippen LogP contribution in [0.15, 0.2) is 97.6 Å². The zero-order valence-corrected chi connectivity index (χ0v) is 71.1. The monoisotopic (exact) mass is 1480 g/mol. The summed E-state index contributed by atoms with van der Waals surface area (Å²) in [6, 6.07) is 27.5. The van der Waals surface area contributed by atoms with Crippen LogP contribution in [0.1, 0.15) is 222 Å². The van der Waals surface area contributed by atoms with Crippen molar-refractivity contribution >= 4 is 0 Å². The average Bonchev–Trinajstić information content (AvgIpc) is 0.759. The van der Waals surface area contributed by atoms with Crippen molar-refractivity contribution in [1.29, 1.82) is 0 Å². The first kappa shape index (κ1) is 89.5. The highest BCUT2D eigenvalue weighted by Gasteiger charge is 2.28. The van der Waals surface area contributed by atoms with Crippen LogP contribution in [0.2, 0.25) is 0 Å². The van der Waals surface area contributed by atoms with E-state index in [1.165, 1.54) is 44.5 Å². The zero-order valence-electron chi connectivity index (χ0n) is 71.1. The predicted octanol–water partition coefficient (Wildman–Crippen LogP) is 19.0. The maximum absolute atomic E-state index is 4.84. The number of hydrogen-bond donors (Lipinski definition) is 0. The lowest BCUT2D eigenvalue weighted by molar-refractivity contribution is 0.568. The molecule has 0 bridgehead atoms. The number of benzene rings is 4. The van der Waals surface area contributed by atoms with E-state index in [1.807, 2.05) is 24.8 Å². The summed E-state index contributed by atoms with van der Waals surface area (Å²) in [6.07, 6.45) is 7.67. The molecule has 2 aromatic heterocycles. The van der Waals surface area contributed by atoms with E-state index in [0.717, 1.165) is 55.6 Å². The van der Waals surface area contributed by atoms with Crippen molar-refractivity contribution in [3.05, 3.63) is 153 Å². The van der Waals surface area contributed by atoms with E-state index in [9.17, 15) is 0 Å². The van der Waals surface area contributed by atoms with E-state index in [1.54, 1.807) is 0 Å². The van der Waals surface area contributed by atoms with Crippen molar-refractivity contribution in [2.45, 2.75) is 209 Å². The second-order valence-electron chi connectivity index (χ2n) is 34.4. The summed E-state index contributed by atoms with van der Waals surface area (Å²) in [4.78, 5) is 9.68. The van der Waals surface area contributed by atoms with Crippen LogP contribution in [0.3, 0.4) is 0 Å². The molecule has 0 amide bonds. The van der Waals surface area contributed by atoms with E-state index < -0.39 is 0 Å². The molecule has 0 aliphatic heterocycles. The van der Waals surface area contributed by atoms with E-state index in [4.69, 9.17) is 9.97 Å². The van der Waals surface area contributed by atoms with Gasteiger partial charge in [0.15, 0.2) is 0 Å². The Bertz CT molecular complexity index is 5930. The molecule has 0 aliphatic rings. The maximum Gasteiger partial charge on any atom is 0.0443 e. The maximum atomic E-state index is 4.84. The van der Waals surface area contributed by atoms with Crippen molar-refractivity contribution in [2.75, 3.05) is 0 Å². The van der Waals surface area contributed by atoms with Gasteiger partial charge in [-0.25, -0.2) is 0 Å². The van der Waals surface area contributed by atoms with Crippen molar-refractivity contribution in [3.8, 4) is 329 Å². The summed E-state index contributed by atoms with van der Waals surface area (Å²) >= 11 is 0. The first-order valence-corrected chi connectivity index (χ1v) is 37.4. The molecular formula is C114H88N2. The molecule has 6 aromatic rings. The summed E-state index contributed by atoms with van der Waals surface area (Å²) in [6.45, 7) is 53.8. The van der Waals surface area contributed by atoms with Gasteiger partial charge in [-0.15, -0.1) is 0 Å². The topological polar surface area (TPSA) is 25.8 Å². The van der Waals surface area contributed by atoms with E-state index in [2.05, 4.69) is 523 Å². The molecule has 2 nitrogen and oxygen atoms in total. The van der Waals surface area contributed by atoms with Crippen molar-refractivity contribution in [2.24, 2.45) is 0 Å². The first-order chi connectivity index (χ1) is 54.7. The van der Waals surface area contributed by atoms with Gasteiger partial charge in [0.25, 0.3) is 0 Å². The Hall–Kier alpha value is -15.4. The number of nitrogens with zero attached hydrogens (tertiary/aromatic N) is 2. The summed E-state index contributed by atoms with van der Waals surface area (Å²) in [5, 5.41) is 0. The molecule has 0 aliphatic carbocycles. The lowest BCUT2D eigenvalue weighted by Crippen LogP contribution is -2.17. The molecule has 0 unspecified atom stereocenters. The van der Waals surface area contributed by atoms with E-state index >= 15 is 0 Å². The van der Waals surface area contributed by atoms with Crippen LogP contribution in [0.5, 0.6) is 0 Å². The van der Waals surface area contributed by atoms with Crippen molar-refractivity contribution < 1.29 is 0 Å². The smallest absolute Gasteiger partial charge is 0.0443 e. The van der Waals surface area contributed by atoms with Gasteiger partial charge < -0.3 is 0 Å². The van der Waals surface area contributed by atoms with Crippen LogP contribution in [0, 0.1) is 284 Å². The fourth-order valence-electron chi connectivity index (χ4n) is 10.2. The minimum atomic E-state index is -0.0786. The molecule has 0 N–H and O–H groups in total. The Morgan fingerprint density at radius 3 is 0.353 bits per heavy atom. The summed E-state index contributed by atoms with van der Waals surface area (Å²) < 4.78 is 0. The highest BCUT2D eigenvalue weighted by Crippen LogP contribution is 2.42. The molecule has 0 saturated heterocycles. The van der Waals surface area contributed by atoms with E-state index in [-0.39, 0.29) is 43.3 Å². The number of rotatable bonds is 4. The Kier molecular flexibility index (Phi) is 32.1.